The molecule has 2 amide bonds. The molecule has 0 aromatic rings. The number of nitrogens with one attached hydrogen (secondary N) is 1. The fourth-order valence-corrected chi connectivity index (χ4v) is 3.54. The second-order valence-electron chi connectivity index (χ2n) is 6.71. The first-order valence-electron chi connectivity index (χ1n) is 8.82. The van der Waals surface area contributed by atoms with E-state index in [4.69, 9.17) is 6.42 Å². The molecule has 3 heterocycles. The Balaban J connectivity index is 1.52. The van der Waals surface area contributed by atoms with Gasteiger partial charge in [-0.2, -0.15) is 10.2 Å². The van der Waals surface area contributed by atoms with Gasteiger partial charge in [-0.3, -0.25) is 9.59 Å². The molecule has 3 aliphatic heterocycles. The van der Waals surface area contributed by atoms with Crippen LogP contribution in [0, 0.1) is 12.3 Å². The van der Waals surface area contributed by atoms with Gasteiger partial charge in [0.05, 0.1) is 0 Å². The zero-order valence-corrected chi connectivity index (χ0v) is 14.0. The molecule has 7 heteroatoms. The Bertz CT molecular complexity index is 556. The molecule has 7 nitrogen and oxygen atoms in total. The largest absolute Gasteiger partial charge is 0.338 e. The van der Waals surface area contributed by atoms with Gasteiger partial charge in [0, 0.05) is 58.4 Å². The third-order valence-electron chi connectivity index (χ3n) is 5.08. The Hall–Kier alpha value is -1.94. The summed E-state index contributed by atoms with van der Waals surface area (Å²) in [5.74, 6) is 2.74. The maximum absolute atomic E-state index is 12.7. The minimum atomic E-state index is -0.431. The topological polar surface area (TPSA) is 77.4 Å². The second-order valence-corrected chi connectivity index (χ2v) is 6.71. The average Bonchev–Trinajstić information content (AvgIpc) is 3.22. The summed E-state index contributed by atoms with van der Waals surface area (Å²) in [4.78, 5) is 29.0. The molecule has 0 aromatic heterocycles. The molecule has 1 unspecified atom stereocenters. The molecule has 3 rings (SSSR count). The molecule has 1 atom stereocenters. The summed E-state index contributed by atoms with van der Waals surface area (Å²) in [7, 11) is 0. The zero-order chi connectivity index (χ0) is 17.0. The lowest BCUT2D eigenvalue weighted by molar-refractivity contribution is -0.144. The van der Waals surface area contributed by atoms with Crippen LogP contribution in [0.3, 0.4) is 0 Å². The van der Waals surface area contributed by atoms with Crippen molar-refractivity contribution < 1.29 is 9.59 Å². The number of carbonyl (C=O) groups excluding carboxylic acids is 2. The van der Waals surface area contributed by atoms with E-state index < -0.39 is 5.66 Å². The van der Waals surface area contributed by atoms with Crippen molar-refractivity contribution >= 4 is 11.8 Å². The normalized spacial score (nSPS) is 24.7. The van der Waals surface area contributed by atoms with Crippen LogP contribution in [0.1, 0.15) is 38.5 Å². The zero-order valence-electron chi connectivity index (χ0n) is 14.0. The number of rotatable bonds is 6. The van der Waals surface area contributed by atoms with E-state index in [-0.39, 0.29) is 17.9 Å². The van der Waals surface area contributed by atoms with Crippen LogP contribution in [0.4, 0.5) is 0 Å². The smallest absolute Gasteiger partial charge is 0.245 e. The molecule has 2 fully saturated rings. The quantitative estimate of drug-likeness (QED) is 0.730. The maximum Gasteiger partial charge on any atom is 0.245 e. The van der Waals surface area contributed by atoms with Crippen molar-refractivity contribution in [2.45, 2.75) is 50.2 Å². The lowest BCUT2D eigenvalue weighted by Crippen LogP contribution is -2.53. The number of nitrogens with zero attached hydrogens (tertiary/aromatic N) is 4. The Morgan fingerprint density at radius 3 is 2.62 bits per heavy atom. The molecule has 0 bridgehead atoms. The van der Waals surface area contributed by atoms with Crippen molar-refractivity contribution in [1.29, 1.82) is 0 Å². The van der Waals surface area contributed by atoms with Crippen molar-refractivity contribution in [2.24, 2.45) is 10.2 Å². The third-order valence-corrected chi connectivity index (χ3v) is 5.08. The number of likely N-dealkylation sites (tertiary alicyclic amines) is 1. The number of amides is 2. The molecule has 0 aromatic carbocycles. The fraction of sp³-hybridized carbons (Fsp3) is 0.765. The summed E-state index contributed by atoms with van der Waals surface area (Å²) in [5.41, 5.74) is -0.431. The van der Waals surface area contributed by atoms with Crippen LogP contribution in [0.15, 0.2) is 10.2 Å². The standard InChI is InChI=1S/C17H25N5O2/c1-2-3-7-17(19-20-17)8-6-15(23)22-11-4-5-14(22)16(24)21-12-9-18-10-13-21/h1,14,18H,3-13H2. The van der Waals surface area contributed by atoms with Crippen LogP contribution in [-0.2, 0) is 9.59 Å². The highest BCUT2D eigenvalue weighted by Gasteiger charge is 2.41. The number of hydrogen-bond donors (Lipinski definition) is 1. The lowest BCUT2D eigenvalue weighted by atomic mass is 10.0. The molecule has 0 aliphatic carbocycles. The van der Waals surface area contributed by atoms with E-state index in [1.807, 2.05) is 4.90 Å². The van der Waals surface area contributed by atoms with E-state index in [0.717, 1.165) is 39.0 Å². The predicted octanol–water partition coefficient (Wildman–Crippen LogP) is 0.765. The molecular weight excluding hydrogens is 306 g/mol. The summed E-state index contributed by atoms with van der Waals surface area (Å²) in [6.07, 6.45) is 9.25. The highest BCUT2D eigenvalue weighted by molar-refractivity contribution is 5.88. The van der Waals surface area contributed by atoms with E-state index >= 15 is 0 Å². The van der Waals surface area contributed by atoms with Gasteiger partial charge in [-0.25, -0.2) is 0 Å². The Morgan fingerprint density at radius 2 is 1.96 bits per heavy atom. The monoisotopic (exact) mass is 331 g/mol. The van der Waals surface area contributed by atoms with Crippen LogP contribution in [0.5, 0.6) is 0 Å². The van der Waals surface area contributed by atoms with Crippen molar-refractivity contribution in [2.75, 3.05) is 32.7 Å². The Kier molecular flexibility index (Phi) is 5.14. The van der Waals surface area contributed by atoms with Crippen molar-refractivity contribution in [3.8, 4) is 12.3 Å². The second kappa shape index (κ2) is 7.31. The molecule has 0 saturated carbocycles. The van der Waals surface area contributed by atoms with Gasteiger partial charge in [-0.05, 0) is 12.8 Å². The Labute approximate surface area is 142 Å². The lowest BCUT2D eigenvalue weighted by Gasteiger charge is -2.33. The molecular formula is C17H25N5O2. The first-order valence-corrected chi connectivity index (χ1v) is 8.82. The summed E-state index contributed by atoms with van der Waals surface area (Å²) < 4.78 is 0. The number of hydrogen-bond acceptors (Lipinski definition) is 5. The number of carbonyl (C=O) groups is 2. The van der Waals surface area contributed by atoms with Gasteiger partial charge < -0.3 is 15.1 Å². The molecule has 3 aliphatic rings. The molecule has 0 spiro atoms. The fourth-order valence-electron chi connectivity index (χ4n) is 3.54. The molecule has 24 heavy (non-hydrogen) atoms. The molecule has 2 saturated heterocycles. The number of piperazine rings is 1. The molecule has 1 N–H and O–H groups in total. The van der Waals surface area contributed by atoms with Gasteiger partial charge in [0.2, 0.25) is 11.8 Å². The van der Waals surface area contributed by atoms with Crippen LogP contribution in [-0.4, -0.2) is 66.0 Å². The maximum atomic E-state index is 12.7. The molecule has 0 radical (unpaired) electrons. The predicted molar refractivity (Wildman–Crippen MR) is 89.1 cm³/mol. The highest BCUT2D eigenvalue weighted by atomic mass is 16.2. The van der Waals surface area contributed by atoms with Crippen LogP contribution >= 0.6 is 0 Å². The van der Waals surface area contributed by atoms with Crippen molar-refractivity contribution in [3.63, 3.8) is 0 Å². The summed E-state index contributed by atoms with van der Waals surface area (Å²) in [5, 5.41) is 11.4. The van der Waals surface area contributed by atoms with Gasteiger partial charge in [-0.1, -0.05) is 0 Å². The van der Waals surface area contributed by atoms with Crippen molar-refractivity contribution in [1.82, 2.24) is 15.1 Å². The summed E-state index contributed by atoms with van der Waals surface area (Å²) >= 11 is 0. The van der Waals surface area contributed by atoms with Gasteiger partial charge >= 0.3 is 0 Å². The van der Waals surface area contributed by atoms with Gasteiger partial charge in [0.15, 0.2) is 5.66 Å². The number of terminal acetylenes is 1. The average molecular weight is 331 g/mol. The van der Waals surface area contributed by atoms with Crippen molar-refractivity contribution in [3.05, 3.63) is 0 Å². The van der Waals surface area contributed by atoms with E-state index in [9.17, 15) is 9.59 Å². The van der Waals surface area contributed by atoms with Crippen LogP contribution < -0.4 is 5.32 Å². The van der Waals surface area contributed by atoms with Gasteiger partial charge in [0.1, 0.15) is 6.04 Å². The summed E-state index contributed by atoms with van der Waals surface area (Å²) in [6, 6.07) is -0.287. The van der Waals surface area contributed by atoms with Crippen LogP contribution in [0.2, 0.25) is 0 Å². The minimum absolute atomic E-state index is 0.0402. The first-order chi connectivity index (χ1) is 11.7. The van der Waals surface area contributed by atoms with Gasteiger partial charge in [-0.15, -0.1) is 12.3 Å². The Morgan fingerprint density at radius 1 is 1.21 bits per heavy atom. The highest BCUT2D eigenvalue weighted by Crippen LogP contribution is 2.38. The van der Waals surface area contributed by atoms with E-state index in [0.29, 0.717) is 32.2 Å². The minimum Gasteiger partial charge on any atom is -0.338 e. The van der Waals surface area contributed by atoms with E-state index in [1.54, 1.807) is 4.90 Å². The van der Waals surface area contributed by atoms with E-state index in [2.05, 4.69) is 21.5 Å². The van der Waals surface area contributed by atoms with Gasteiger partial charge in [0.25, 0.3) is 0 Å². The molecule has 130 valence electrons. The summed E-state index contributed by atoms with van der Waals surface area (Å²) in [6.45, 7) is 3.78. The SMILES string of the molecule is C#CCCC1(CCC(=O)N2CCCC2C(=O)N2CCNCC2)N=N1. The van der Waals surface area contributed by atoms with E-state index in [1.165, 1.54) is 0 Å². The third kappa shape index (κ3) is 3.75. The first kappa shape index (κ1) is 16.9. The van der Waals surface area contributed by atoms with Crippen LogP contribution in [0.25, 0.3) is 0 Å².